The normalized spacial score (nSPS) is 12.4. The zero-order chi connectivity index (χ0) is 14.7. The van der Waals surface area contributed by atoms with Gasteiger partial charge in [0.05, 0.1) is 0 Å². The minimum atomic E-state index is 0.0277. The van der Waals surface area contributed by atoms with Gasteiger partial charge in [0.25, 0.3) is 0 Å². The molecule has 1 atom stereocenters. The van der Waals surface area contributed by atoms with Crippen molar-refractivity contribution < 1.29 is 0 Å². The lowest BCUT2D eigenvalue weighted by molar-refractivity contribution is 0.592. The fourth-order valence-electron chi connectivity index (χ4n) is 2.06. The Labute approximate surface area is 138 Å². The van der Waals surface area contributed by atoms with Crippen molar-refractivity contribution in [2.75, 3.05) is 7.05 Å². The summed E-state index contributed by atoms with van der Waals surface area (Å²) in [7, 11) is 1.88. The number of likely N-dealkylation sites (N-methyl/N-ethyl adjacent to an activating group) is 1. The van der Waals surface area contributed by atoms with Crippen LogP contribution in [0.15, 0.2) is 36.4 Å². The zero-order valence-corrected chi connectivity index (χ0v) is 13.8. The van der Waals surface area contributed by atoms with Crippen molar-refractivity contribution >= 4 is 46.4 Å². The van der Waals surface area contributed by atoms with Crippen molar-refractivity contribution in [1.82, 2.24) is 5.32 Å². The third kappa shape index (κ3) is 3.81. The second kappa shape index (κ2) is 7.02. The summed E-state index contributed by atoms with van der Waals surface area (Å²) in [5.74, 6) is 0. The van der Waals surface area contributed by atoms with E-state index in [9.17, 15) is 0 Å². The summed E-state index contributed by atoms with van der Waals surface area (Å²) in [6.07, 6.45) is 0.701. The molecule has 0 aliphatic rings. The average molecular weight is 349 g/mol. The van der Waals surface area contributed by atoms with Crippen molar-refractivity contribution in [2.45, 2.75) is 12.5 Å². The molecule has 0 aliphatic carbocycles. The smallest absolute Gasteiger partial charge is 0.0454 e. The van der Waals surface area contributed by atoms with Crippen molar-refractivity contribution in [1.29, 1.82) is 0 Å². The lowest BCUT2D eigenvalue weighted by atomic mass is 9.99. The van der Waals surface area contributed by atoms with Crippen LogP contribution in [0.1, 0.15) is 17.2 Å². The molecule has 0 heterocycles. The molecule has 2 aromatic rings. The van der Waals surface area contributed by atoms with Gasteiger partial charge >= 0.3 is 0 Å². The lowest BCUT2D eigenvalue weighted by Gasteiger charge is -2.19. The highest BCUT2D eigenvalue weighted by Crippen LogP contribution is 2.31. The van der Waals surface area contributed by atoms with Gasteiger partial charge in [-0.1, -0.05) is 52.5 Å². The molecule has 5 heteroatoms. The molecule has 0 saturated carbocycles. The first-order valence-electron chi connectivity index (χ1n) is 6.07. The highest BCUT2D eigenvalue weighted by molar-refractivity contribution is 6.35. The molecule has 0 aromatic heterocycles. The number of halogens is 4. The van der Waals surface area contributed by atoms with E-state index >= 15 is 0 Å². The van der Waals surface area contributed by atoms with Crippen LogP contribution in [-0.2, 0) is 6.42 Å². The quantitative estimate of drug-likeness (QED) is 0.735. The van der Waals surface area contributed by atoms with Gasteiger partial charge < -0.3 is 5.32 Å². The number of hydrogen-bond acceptors (Lipinski definition) is 1. The van der Waals surface area contributed by atoms with Gasteiger partial charge in [0, 0.05) is 26.1 Å². The van der Waals surface area contributed by atoms with Crippen LogP contribution in [0.3, 0.4) is 0 Å². The summed E-state index contributed by atoms with van der Waals surface area (Å²) in [5.41, 5.74) is 1.96. The van der Waals surface area contributed by atoms with Crippen molar-refractivity contribution in [3.05, 3.63) is 67.6 Å². The maximum absolute atomic E-state index is 6.25. The van der Waals surface area contributed by atoms with Crippen LogP contribution < -0.4 is 5.32 Å². The van der Waals surface area contributed by atoms with E-state index in [1.54, 1.807) is 18.2 Å². The maximum Gasteiger partial charge on any atom is 0.0454 e. The second-order valence-electron chi connectivity index (χ2n) is 4.45. The SMILES string of the molecule is CNC(Cc1ccc(Cl)cc1Cl)c1cc(Cl)ccc1Cl. The molecular formula is C15H13Cl4N. The number of rotatable bonds is 4. The molecule has 106 valence electrons. The molecule has 1 N–H and O–H groups in total. The Morgan fingerprint density at radius 2 is 1.55 bits per heavy atom. The molecule has 2 rings (SSSR count). The van der Waals surface area contributed by atoms with Crippen LogP contribution in [0.25, 0.3) is 0 Å². The molecule has 0 aliphatic heterocycles. The molecule has 0 saturated heterocycles. The Hall–Kier alpha value is -0.440. The summed E-state index contributed by atoms with van der Waals surface area (Å²) in [6, 6.07) is 11.0. The summed E-state index contributed by atoms with van der Waals surface area (Å²) < 4.78 is 0. The molecule has 0 amide bonds. The third-order valence-corrected chi connectivity index (χ3v) is 4.29. The minimum absolute atomic E-state index is 0.0277. The van der Waals surface area contributed by atoms with Crippen LogP contribution in [0.4, 0.5) is 0 Å². The first-order valence-corrected chi connectivity index (χ1v) is 7.58. The first kappa shape index (κ1) is 15.9. The standard InChI is InChI=1S/C15H13Cl4N/c1-20-15(12-7-10(16)4-5-13(12)18)6-9-2-3-11(17)8-14(9)19/h2-5,7-8,15,20H,6H2,1H3. The number of hydrogen-bond donors (Lipinski definition) is 1. The van der Waals surface area contributed by atoms with Crippen LogP contribution in [-0.4, -0.2) is 7.05 Å². The predicted octanol–water partition coefficient (Wildman–Crippen LogP) is 5.80. The zero-order valence-electron chi connectivity index (χ0n) is 10.8. The summed E-state index contributed by atoms with van der Waals surface area (Å²) >= 11 is 24.4. The minimum Gasteiger partial charge on any atom is -0.313 e. The second-order valence-corrected chi connectivity index (χ2v) is 6.13. The van der Waals surface area contributed by atoms with Gasteiger partial charge in [0.2, 0.25) is 0 Å². The molecular weight excluding hydrogens is 336 g/mol. The monoisotopic (exact) mass is 347 g/mol. The van der Waals surface area contributed by atoms with E-state index in [-0.39, 0.29) is 6.04 Å². The Morgan fingerprint density at radius 3 is 2.20 bits per heavy atom. The molecule has 20 heavy (non-hydrogen) atoms. The van der Waals surface area contributed by atoms with Crippen molar-refractivity contribution in [3.63, 3.8) is 0 Å². The summed E-state index contributed by atoms with van der Waals surface area (Å²) in [4.78, 5) is 0. The van der Waals surface area contributed by atoms with E-state index < -0.39 is 0 Å². The number of nitrogens with one attached hydrogen (secondary N) is 1. The van der Waals surface area contributed by atoms with Crippen LogP contribution in [0.5, 0.6) is 0 Å². The topological polar surface area (TPSA) is 12.0 Å². The van der Waals surface area contributed by atoms with Crippen LogP contribution in [0, 0.1) is 0 Å². The summed E-state index contributed by atoms with van der Waals surface area (Å²) in [6.45, 7) is 0. The third-order valence-electron chi connectivity index (χ3n) is 3.12. The Bertz CT molecular complexity index is 613. The lowest BCUT2D eigenvalue weighted by Crippen LogP contribution is -2.19. The predicted molar refractivity (Wildman–Crippen MR) is 88.4 cm³/mol. The maximum atomic E-state index is 6.25. The Balaban J connectivity index is 2.31. The van der Waals surface area contributed by atoms with Crippen LogP contribution >= 0.6 is 46.4 Å². The van der Waals surface area contributed by atoms with E-state index in [4.69, 9.17) is 46.4 Å². The molecule has 0 radical (unpaired) electrons. The molecule has 1 nitrogen and oxygen atoms in total. The highest BCUT2D eigenvalue weighted by Gasteiger charge is 2.15. The fraction of sp³-hybridized carbons (Fsp3) is 0.200. The van der Waals surface area contributed by atoms with Gasteiger partial charge in [0.15, 0.2) is 0 Å². The van der Waals surface area contributed by atoms with Gasteiger partial charge in [-0.2, -0.15) is 0 Å². The molecule has 0 bridgehead atoms. The van der Waals surface area contributed by atoms with Crippen LogP contribution in [0.2, 0.25) is 20.1 Å². The van der Waals surface area contributed by atoms with Gasteiger partial charge in [-0.3, -0.25) is 0 Å². The Morgan fingerprint density at radius 1 is 0.900 bits per heavy atom. The van der Waals surface area contributed by atoms with Crippen molar-refractivity contribution in [2.24, 2.45) is 0 Å². The van der Waals surface area contributed by atoms with E-state index in [1.807, 2.05) is 25.2 Å². The first-order chi connectivity index (χ1) is 9.51. The fourth-order valence-corrected chi connectivity index (χ4v) is 2.97. The van der Waals surface area contributed by atoms with E-state index in [0.29, 0.717) is 26.5 Å². The number of benzene rings is 2. The van der Waals surface area contributed by atoms with E-state index in [2.05, 4.69) is 5.32 Å². The van der Waals surface area contributed by atoms with E-state index in [1.165, 1.54) is 0 Å². The molecule has 2 aromatic carbocycles. The highest BCUT2D eigenvalue weighted by atomic mass is 35.5. The van der Waals surface area contributed by atoms with Gasteiger partial charge in [0.1, 0.15) is 0 Å². The largest absolute Gasteiger partial charge is 0.313 e. The van der Waals surface area contributed by atoms with Crippen molar-refractivity contribution in [3.8, 4) is 0 Å². The molecule has 0 fully saturated rings. The molecule has 1 unspecified atom stereocenters. The summed E-state index contributed by atoms with van der Waals surface area (Å²) in [5, 5.41) is 5.86. The van der Waals surface area contributed by atoms with Gasteiger partial charge in [-0.25, -0.2) is 0 Å². The van der Waals surface area contributed by atoms with Gasteiger partial charge in [-0.15, -0.1) is 0 Å². The Kier molecular flexibility index (Phi) is 5.59. The van der Waals surface area contributed by atoms with Gasteiger partial charge in [-0.05, 0) is 54.9 Å². The molecule has 0 spiro atoms. The average Bonchev–Trinajstić information content (AvgIpc) is 2.41. The van der Waals surface area contributed by atoms with E-state index in [0.717, 1.165) is 11.1 Å².